The smallest absolute Gasteiger partial charge is 0.130 e. The molecule has 0 radical (unpaired) electrons. The molecule has 0 spiro atoms. The number of nitrogens with zero attached hydrogens (tertiary/aromatic N) is 1. The van der Waals surface area contributed by atoms with Crippen LogP contribution in [-0.2, 0) is 11.3 Å². The molecule has 0 aliphatic carbocycles. The van der Waals surface area contributed by atoms with Crippen LogP contribution in [0.3, 0.4) is 0 Å². The van der Waals surface area contributed by atoms with E-state index in [4.69, 9.17) is 4.84 Å². The topological polar surface area (TPSA) is 60.5 Å². The maximum atomic E-state index is 10.0. The molecule has 2 aliphatic rings. The SMILES string of the molecule is CN[C@@H]1CSCON2CCc3c([nH]c4ccc(O)c(Br)c34)[C@H]12. The summed E-state index contributed by atoms with van der Waals surface area (Å²) in [5.41, 5.74) is 3.55. The van der Waals surface area contributed by atoms with E-state index >= 15 is 0 Å². The molecule has 0 saturated carbocycles. The van der Waals surface area contributed by atoms with Crippen molar-refractivity contribution < 1.29 is 9.94 Å². The second-order valence-corrected chi connectivity index (χ2v) is 7.46. The molecular weight excluding hydrogens is 366 g/mol. The normalized spacial score (nSPS) is 25.7. The van der Waals surface area contributed by atoms with Crippen LogP contribution in [0.1, 0.15) is 17.3 Å². The lowest BCUT2D eigenvalue weighted by molar-refractivity contribution is -0.177. The Labute approximate surface area is 141 Å². The van der Waals surface area contributed by atoms with E-state index in [0.717, 1.165) is 34.1 Å². The Hall–Kier alpha value is -0.730. The lowest BCUT2D eigenvalue weighted by Gasteiger charge is -2.36. The third-order valence-electron chi connectivity index (χ3n) is 4.56. The molecule has 0 unspecified atom stereocenters. The van der Waals surface area contributed by atoms with Gasteiger partial charge in [-0.1, -0.05) is 0 Å². The van der Waals surface area contributed by atoms with Crippen LogP contribution < -0.4 is 5.32 Å². The van der Waals surface area contributed by atoms with Crippen molar-refractivity contribution in [2.75, 3.05) is 25.3 Å². The number of hydrogen-bond donors (Lipinski definition) is 3. The molecule has 2 aliphatic heterocycles. The highest BCUT2D eigenvalue weighted by molar-refractivity contribution is 9.10. The van der Waals surface area contributed by atoms with Gasteiger partial charge in [-0.15, -0.1) is 11.8 Å². The molecule has 5 nitrogen and oxygen atoms in total. The molecule has 1 aromatic heterocycles. The van der Waals surface area contributed by atoms with Crippen LogP contribution in [0.4, 0.5) is 0 Å². The first-order chi connectivity index (χ1) is 10.7. The molecule has 0 bridgehead atoms. The largest absolute Gasteiger partial charge is 0.507 e. The summed E-state index contributed by atoms with van der Waals surface area (Å²) in [5.74, 6) is 2.00. The van der Waals surface area contributed by atoms with E-state index in [1.54, 1.807) is 6.07 Å². The molecular formula is C15H18BrN3O2S. The van der Waals surface area contributed by atoms with Gasteiger partial charge >= 0.3 is 0 Å². The average Bonchev–Trinajstić information content (AvgIpc) is 2.77. The Kier molecular flexibility index (Phi) is 3.86. The van der Waals surface area contributed by atoms with Gasteiger partial charge < -0.3 is 15.4 Å². The quantitative estimate of drug-likeness (QED) is 0.706. The summed E-state index contributed by atoms with van der Waals surface area (Å²) in [6.07, 6.45) is 0.912. The Morgan fingerprint density at radius 2 is 2.36 bits per heavy atom. The van der Waals surface area contributed by atoms with E-state index in [0.29, 0.717) is 12.0 Å². The number of halogens is 1. The van der Waals surface area contributed by atoms with Crippen LogP contribution >= 0.6 is 27.7 Å². The molecule has 1 saturated heterocycles. The van der Waals surface area contributed by atoms with E-state index < -0.39 is 0 Å². The van der Waals surface area contributed by atoms with E-state index in [1.165, 1.54) is 11.3 Å². The fourth-order valence-electron chi connectivity index (χ4n) is 3.50. The molecule has 2 atom stereocenters. The zero-order valence-corrected chi connectivity index (χ0v) is 14.6. The van der Waals surface area contributed by atoms with Gasteiger partial charge in [0, 0.05) is 34.9 Å². The second-order valence-electron chi connectivity index (χ2n) is 5.69. The van der Waals surface area contributed by atoms with Crippen molar-refractivity contribution in [3.63, 3.8) is 0 Å². The summed E-state index contributed by atoms with van der Waals surface area (Å²) >= 11 is 5.35. The van der Waals surface area contributed by atoms with Crippen LogP contribution in [0, 0.1) is 0 Å². The number of aromatic nitrogens is 1. The number of aromatic hydroxyl groups is 1. The molecule has 3 N–H and O–H groups in total. The first kappa shape index (κ1) is 14.8. The number of H-pyrrole nitrogens is 1. The first-order valence-corrected chi connectivity index (χ1v) is 9.32. The van der Waals surface area contributed by atoms with Gasteiger partial charge in [-0.25, -0.2) is 0 Å². The number of hydrogen-bond acceptors (Lipinski definition) is 5. The monoisotopic (exact) mass is 383 g/mol. The molecule has 7 heteroatoms. The highest BCUT2D eigenvalue weighted by Gasteiger charge is 2.38. The highest BCUT2D eigenvalue weighted by atomic mass is 79.9. The summed E-state index contributed by atoms with van der Waals surface area (Å²) < 4.78 is 0.779. The van der Waals surface area contributed by atoms with Gasteiger partial charge in [0.25, 0.3) is 0 Å². The zero-order valence-electron chi connectivity index (χ0n) is 12.2. The van der Waals surface area contributed by atoms with Gasteiger partial charge in [0.1, 0.15) is 11.7 Å². The lowest BCUT2D eigenvalue weighted by Crippen LogP contribution is -2.45. The molecule has 0 amide bonds. The van der Waals surface area contributed by atoms with Crippen LogP contribution in [0.5, 0.6) is 5.75 Å². The van der Waals surface area contributed by atoms with Crippen LogP contribution in [0.2, 0.25) is 0 Å². The number of aromatic amines is 1. The molecule has 4 rings (SSSR count). The summed E-state index contributed by atoms with van der Waals surface area (Å²) in [4.78, 5) is 9.48. The Morgan fingerprint density at radius 3 is 3.18 bits per heavy atom. The Balaban J connectivity index is 1.91. The molecule has 1 aromatic carbocycles. The third kappa shape index (κ3) is 2.18. The number of fused-ring (bicyclic) bond motifs is 5. The summed E-state index contributed by atoms with van der Waals surface area (Å²) in [7, 11) is 2.01. The molecule has 118 valence electrons. The predicted molar refractivity (Wildman–Crippen MR) is 92.1 cm³/mol. The predicted octanol–water partition coefficient (Wildman–Crippen LogP) is 2.76. The second kappa shape index (κ2) is 5.72. The van der Waals surface area contributed by atoms with Crippen molar-refractivity contribution in [3.05, 3.63) is 27.9 Å². The number of likely N-dealkylation sites (N-methyl/N-ethyl adjacent to an activating group) is 1. The fraction of sp³-hybridized carbons (Fsp3) is 0.467. The van der Waals surface area contributed by atoms with E-state index in [9.17, 15) is 5.11 Å². The van der Waals surface area contributed by atoms with Crippen molar-refractivity contribution >= 4 is 38.6 Å². The van der Waals surface area contributed by atoms with E-state index in [1.807, 2.05) is 24.9 Å². The molecule has 1 fully saturated rings. The number of rotatable bonds is 1. The maximum Gasteiger partial charge on any atom is 0.130 e. The summed E-state index contributed by atoms with van der Waals surface area (Å²) in [6.45, 7) is 0.867. The minimum Gasteiger partial charge on any atom is -0.507 e. The fourth-order valence-corrected chi connectivity index (χ4v) is 4.99. The maximum absolute atomic E-state index is 10.0. The highest BCUT2D eigenvalue weighted by Crippen LogP contribution is 2.42. The van der Waals surface area contributed by atoms with Crippen molar-refractivity contribution in [1.82, 2.24) is 15.4 Å². The number of phenols is 1. The zero-order chi connectivity index (χ0) is 15.3. The Bertz CT molecular complexity index is 720. The molecule has 3 heterocycles. The summed E-state index contributed by atoms with van der Waals surface area (Å²) in [6, 6.07) is 4.16. The molecule has 22 heavy (non-hydrogen) atoms. The van der Waals surface area contributed by atoms with Crippen LogP contribution in [-0.4, -0.2) is 46.5 Å². The third-order valence-corrected chi connectivity index (χ3v) is 6.23. The average molecular weight is 384 g/mol. The van der Waals surface area contributed by atoms with Gasteiger partial charge in [-0.2, -0.15) is 5.06 Å². The van der Waals surface area contributed by atoms with Crippen molar-refractivity contribution in [1.29, 1.82) is 0 Å². The van der Waals surface area contributed by atoms with E-state index in [-0.39, 0.29) is 11.8 Å². The van der Waals surface area contributed by atoms with Crippen LogP contribution in [0.25, 0.3) is 10.9 Å². The van der Waals surface area contributed by atoms with Gasteiger partial charge in [0.15, 0.2) is 0 Å². The molecule has 2 aromatic rings. The van der Waals surface area contributed by atoms with Crippen molar-refractivity contribution in [2.45, 2.75) is 18.5 Å². The number of phenolic OH excluding ortho intramolecular Hbond substituents is 1. The van der Waals surface area contributed by atoms with Gasteiger partial charge in [-0.05, 0) is 47.1 Å². The number of benzene rings is 1. The van der Waals surface area contributed by atoms with Crippen molar-refractivity contribution in [3.8, 4) is 5.75 Å². The van der Waals surface area contributed by atoms with Gasteiger partial charge in [-0.3, -0.25) is 4.84 Å². The first-order valence-electron chi connectivity index (χ1n) is 7.37. The Morgan fingerprint density at radius 1 is 1.50 bits per heavy atom. The lowest BCUT2D eigenvalue weighted by atomic mass is 9.94. The summed E-state index contributed by atoms with van der Waals surface area (Å²) in [5, 5.41) is 16.6. The van der Waals surface area contributed by atoms with Gasteiger partial charge in [0.05, 0.1) is 10.5 Å². The van der Waals surface area contributed by atoms with Crippen molar-refractivity contribution in [2.24, 2.45) is 0 Å². The van der Waals surface area contributed by atoms with Gasteiger partial charge in [0.2, 0.25) is 0 Å². The number of hydroxylamine groups is 2. The van der Waals surface area contributed by atoms with Crippen LogP contribution in [0.15, 0.2) is 16.6 Å². The minimum atomic E-state index is 0.171. The number of thioether (sulfide) groups is 1. The number of nitrogens with one attached hydrogen (secondary N) is 2. The minimum absolute atomic E-state index is 0.171. The van der Waals surface area contributed by atoms with E-state index in [2.05, 4.69) is 31.3 Å². The standard InChI is InChI=1S/C15H18BrN3O2S/c1-17-10-6-22-7-21-19-5-4-8-12-9(18-14(8)15(10)19)2-3-11(20)13(12)16/h2-3,10,15,17-18,20H,4-7H2,1H3/t10-,15+/m1/s1.